The van der Waals surface area contributed by atoms with Crippen molar-refractivity contribution < 1.29 is 4.74 Å². The molecule has 2 N–H and O–H groups in total. The molecule has 5 nitrogen and oxygen atoms in total. The Kier molecular flexibility index (Phi) is 3.57. The molecule has 1 aliphatic rings. The van der Waals surface area contributed by atoms with Crippen LogP contribution in [0.1, 0.15) is 26.0 Å². The number of nitrogens with two attached hydrogens (primary N) is 1. The summed E-state index contributed by atoms with van der Waals surface area (Å²) in [6, 6.07) is 0. The third-order valence-corrected chi connectivity index (χ3v) is 3.22. The third kappa shape index (κ3) is 2.39. The minimum Gasteiger partial charge on any atom is -0.394 e. The van der Waals surface area contributed by atoms with Gasteiger partial charge in [-0.2, -0.15) is 5.10 Å². The van der Waals surface area contributed by atoms with E-state index in [2.05, 4.69) is 23.8 Å². The van der Waals surface area contributed by atoms with Gasteiger partial charge in [-0.25, -0.2) is 0 Å². The molecule has 2 rings (SSSR count). The monoisotopic (exact) mass is 238 g/mol. The van der Waals surface area contributed by atoms with Gasteiger partial charge in [-0.05, 0) is 19.8 Å². The lowest BCUT2D eigenvalue weighted by Crippen LogP contribution is -2.32. The highest BCUT2D eigenvalue weighted by Crippen LogP contribution is 2.27. The molecule has 1 aromatic heterocycles. The van der Waals surface area contributed by atoms with Gasteiger partial charge in [0.25, 0.3) is 0 Å². The zero-order chi connectivity index (χ0) is 12.4. The number of nitrogen functional groups attached to an aromatic ring is 1. The molecule has 0 bridgehead atoms. The van der Waals surface area contributed by atoms with Crippen LogP contribution in [0.15, 0.2) is 0 Å². The van der Waals surface area contributed by atoms with Gasteiger partial charge in [0, 0.05) is 26.7 Å². The normalized spacial score (nSPS) is 21.6. The second kappa shape index (κ2) is 4.96. The molecular formula is C12H22N4O. The lowest BCUT2D eigenvalue weighted by atomic mass is 10.2. The second-order valence-electron chi connectivity index (χ2n) is 4.64. The van der Waals surface area contributed by atoms with Crippen molar-refractivity contribution in [2.45, 2.75) is 32.8 Å². The maximum Gasteiger partial charge on any atom is 0.150 e. The van der Waals surface area contributed by atoms with Gasteiger partial charge in [0.2, 0.25) is 0 Å². The van der Waals surface area contributed by atoms with Crippen LogP contribution >= 0.6 is 0 Å². The Balaban J connectivity index is 2.28. The molecule has 2 heterocycles. The molecule has 96 valence electrons. The van der Waals surface area contributed by atoms with Gasteiger partial charge in [0.05, 0.1) is 17.5 Å². The summed E-state index contributed by atoms with van der Waals surface area (Å²) in [5.41, 5.74) is 7.99. The van der Waals surface area contributed by atoms with Crippen LogP contribution in [0.2, 0.25) is 0 Å². The third-order valence-electron chi connectivity index (χ3n) is 3.22. The summed E-state index contributed by atoms with van der Waals surface area (Å²) in [6.45, 7) is 6.88. The summed E-state index contributed by atoms with van der Waals surface area (Å²) >= 11 is 0. The predicted octanol–water partition coefficient (Wildman–Crippen LogP) is 1.18. The maximum atomic E-state index is 6.18. The zero-order valence-corrected chi connectivity index (χ0v) is 10.9. The number of rotatable bonds is 2. The number of hydrogen-bond donors (Lipinski definition) is 1. The largest absolute Gasteiger partial charge is 0.394 e. The molecule has 1 aromatic rings. The SMILES string of the molecule is CCc1nn(C)c(N2CCCOC(C)C2)c1N. The van der Waals surface area contributed by atoms with Crippen molar-refractivity contribution in [1.82, 2.24) is 9.78 Å². The molecule has 1 saturated heterocycles. The Hall–Kier alpha value is -1.23. The fraction of sp³-hybridized carbons (Fsp3) is 0.750. The van der Waals surface area contributed by atoms with Crippen LogP contribution in [0.4, 0.5) is 11.5 Å². The summed E-state index contributed by atoms with van der Waals surface area (Å²) in [6.07, 6.45) is 2.16. The summed E-state index contributed by atoms with van der Waals surface area (Å²) in [5, 5.41) is 4.47. The molecule has 1 atom stereocenters. The highest BCUT2D eigenvalue weighted by Gasteiger charge is 2.22. The molecule has 17 heavy (non-hydrogen) atoms. The second-order valence-corrected chi connectivity index (χ2v) is 4.64. The molecule has 5 heteroatoms. The zero-order valence-electron chi connectivity index (χ0n) is 10.9. The topological polar surface area (TPSA) is 56.3 Å². The van der Waals surface area contributed by atoms with Crippen molar-refractivity contribution in [2.75, 3.05) is 30.3 Å². The van der Waals surface area contributed by atoms with E-state index in [-0.39, 0.29) is 6.10 Å². The molecule has 1 fully saturated rings. The van der Waals surface area contributed by atoms with E-state index < -0.39 is 0 Å². The van der Waals surface area contributed by atoms with Gasteiger partial charge >= 0.3 is 0 Å². The van der Waals surface area contributed by atoms with Gasteiger partial charge in [-0.15, -0.1) is 0 Å². The van der Waals surface area contributed by atoms with Crippen LogP contribution in [0.3, 0.4) is 0 Å². The van der Waals surface area contributed by atoms with Crippen LogP contribution in [0.5, 0.6) is 0 Å². The van der Waals surface area contributed by atoms with Crippen molar-refractivity contribution in [3.8, 4) is 0 Å². The van der Waals surface area contributed by atoms with E-state index in [0.29, 0.717) is 0 Å². The van der Waals surface area contributed by atoms with Crippen molar-refractivity contribution in [3.05, 3.63) is 5.69 Å². The van der Waals surface area contributed by atoms with Crippen LogP contribution in [0, 0.1) is 0 Å². The van der Waals surface area contributed by atoms with E-state index in [1.807, 2.05) is 11.7 Å². The first-order valence-corrected chi connectivity index (χ1v) is 6.31. The molecular weight excluding hydrogens is 216 g/mol. The predicted molar refractivity (Wildman–Crippen MR) is 69.2 cm³/mol. The fourth-order valence-corrected chi connectivity index (χ4v) is 2.41. The van der Waals surface area contributed by atoms with Crippen LogP contribution < -0.4 is 10.6 Å². The van der Waals surface area contributed by atoms with E-state index in [9.17, 15) is 0 Å². The van der Waals surface area contributed by atoms with E-state index in [1.165, 1.54) is 0 Å². The van der Waals surface area contributed by atoms with Crippen molar-refractivity contribution in [3.63, 3.8) is 0 Å². The number of aryl methyl sites for hydroxylation is 2. The minimum absolute atomic E-state index is 0.247. The van der Waals surface area contributed by atoms with Crippen LogP contribution in [-0.4, -0.2) is 35.6 Å². The molecule has 0 aromatic carbocycles. The highest BCUT2D eigenvalue weighted by atomic mass is 16.5. The Morgan fingerprint density at radius 3 is 2.94 bits per heavy atom. The Bertz CT molecular complexity index is 388. The molecule has 1 aliphatic heterocycles. The first-order chi connectivity index (χ1) is 8.13. The number of hydrogen-bond acceptors (Lipinski definition) is 4. The summed E-state index contributed by atoms with van der Waals surface area (Å²) in [5.74, 6) is 1.04. The first kappa shape index (κ1) is 12.2. The number of anilines is 2. The van der Waals surface area contributed by atoms with E-state index >= 15 is 0 Å². The highest BCUT2D eigenvalue weighted by molar-refractivity contribution is 5.66. The van der Waals surface area contributed by atoms with Gasteiger partial charge in [-0.1, -0.05) is 6.92 Å². The van der Waals surface area contributed by atoms with E-state index in [0.717, 1.165) is 49.7 Å². The quantitative estimate of drug-likeness (QED) is 0.840. The first-order valence-electron chi connectivity index (χ1n) is 6.31. The van der Waals surface area contributed by atoms with Crippen LogP contribution in [-0.2, 0) is 18.2 Å². The minimum atomic E-state index is 0.247. The average molecular weight is 238 g/mol. The average Bonchev–Trinajstić information content (AvgIpc) is 2.47. The molecule has 0 amide bonds. The van der Waals surface area contributed by atoms with Gasteiger partial charge < -0.3 is 15.4 Å². The van der Waals surface area contributed by atoms with Crippen molar-refractivity contribution in [1.29, 1.82) is 0 Å². The molecule has 0 aliphatic carbocycles. The summed E-state index contributed by atoms with van der Waals surface area (Å²) in [7, 11) is 1.96. The molecule has 0 radical (unpaired) electrons. The maximum absolute atomic E-state index is 6.18. The van der Waals surface area contributed by atoms with Gasteiger partial charge in [0.1, 0.15) is 0 Å². The number of nitrogens with zero attached hydrogens (tertiary/aromatic N) is 3. The smallest absolute Gasteiger partial charge is 0.150 e. The number of ether oxygens (including phenoxy) is 1. The Morgan fingerprint density at radius 2 is 2.29 bits per heavy atom. The van der Waals surface area contributed by atoms with Gasteiger partial charge in [0.15, 0.2) is 5.82 Å². The van der Waals surface area contributed by atoms with Crippen molar-refractivity contribution >= 4 is 11.5 Å². The lowest BCUT2D eigenvalue weighted by molar-refractivity contribution is 0.0820. The van der Waals surface area contributed by atoms with Gasteiger partial charge in [-0.3, -0.25) is 4.68 Å². The lowest BCUT2D eigenvalue weighted by Gasteiger charge is -2.24. The van der Waals surface area contributed by atoms with E-state index in [4.69, 9.17) is 10.5 Å². The molecule has 1 unspecified atom stereocenters. The Morgan fingerprint density at radius 1 is 1.53 bits per heavy atom. The van der Waals surface area contributed by atoms with E-state index in [1.54, 1.807) is 0 Å². The fourth-order valence-electron chi connectivity index (χ4n) is 2.41. The molecule has 0 saturated carbocycles. The Labute approximate surface area is 103 Å². The van der Waals surface area contributed by atoms with Crippen LogP contribution in [0.25, 0.3) is 0 Å². The molecule has 0 spiro atoms. The van der Waals surface area contributed by atoms with Crippen molar-refractivity contribution in [2.24, 2.45) is 7.05 Å². The summed E-state index contributed by atoms with van der Waals surface area (Å²) in [4.78, 5) is 2.29. The summed E-state index contributed by atoms with van der Waals surface area (Å²) < 4.78 is 7.55. The number of aromatic nitrogens is 2. The standard InChI is InChI=1S/C12H22N4O/c1-4-10-11(13)12(15(3)14-10)16-6-5-7-17-9(2)8-16/h9H,4-8,13H2,1-3H3.